The van der Waals surface area contributed by atoms with Crippen molar-refractivity contribution in [2.24, 2.45) is 0 Å². The average Bonchev–Trinajstić information content (AvgIpc) is 2.32. The number of benzene rings is 1. The Kier molecular flexibility index (Phi) is 3.93. The van der Waals surface area contributed by atoms with Crippen molar-refractivity contribution < 1.29 is 13.2 Å². The molecular formula is C11H8Cl2N2O3S. The first-order valence-corrected chi connectivity index (χ1v) is 7.68. The van der Waals surface area contributed by atoms with Crippen LogP contribution in [0.2, 0.25) is 10.2 Å². The van der Waals surface area contributed by atoms with Gasteiger partial charge in [0.25, 0.3) is 5.88 Å². The number of halogens is 2. The lowest BCUT2D eigenvalue weighted by molar-refractivity contribution is 0.443. The highest BCUT2D eigenvalue weighted by Crippen LogP contribution is 2.31. The highest BCUT2D eigenvalue weighted by Gasteiger charge is 2.16. The summed E-state index contributed by atoms with van der Waals surface area (Å²) in [6.07, 6.45) is 1.09. The lowest BCUT2D eigenvalue weighted by atomic mass is 10.3. The van der Waals surface area contributed by atoms with Crippen molar-refractivity contribution in [2.45, 2.75) is 4.90 Å². The van der Waals surface area contributed by atoms with E-state index < -0.39 is 9.84 Å². The summed E-state index contributed by atoms with van der Waals surface area (Å²) in [5, 5.41) is 7.51. The maximum atomic E-state index is 11.6. The largest absolute Gasteiger partial charge is 0.435 e. The molecule has 0 fully saturated rings. The molecule has 100 valence electrons. The second-order valence-corrected chi connectivity index (χ2v) is 6.42. The summed E-state index contributed by atoms with van der Waals surface area (Å²) in [6, 6.07) is 7.53. The van der Waals surface area contributed by atoms with Gasteiger partial charge in [-0.15, -0.1) is 10.2 Å². The Labute approximate surface area is 120 Å². The predicted octanol–water partition coefficient (Wildman–Crippen LogP) is 2.98. The van der Waals surface area contributed by atoms with Crippen molar-refractivity contribution >= 4 is 33.0 Å². The maximum absolute atomic E-state index is 11.6. The molecule has 1 aromatic heterocycles. The third-order valence-corrected chi connectivity index (χ3v) is 3.73. The van der Waals surface area contributed by atoms with E-state index in [-0.39, 0.29) is 26.7 Å². The van der Waals surface area contributed by atoms with Gasteiger partial charge in [-0.1, -0.05) is 35.3 Å². The standard InChI is InChI=1S/C11H8Cl2N2O3S/c1-19(16,17)9-5-3-2-4-8(9)18-11-7(12)6-10(13)14-15-11/h2-6H,1H3. The van der Waals surface area contributed by atoms with Crippen LogP contribution in [0.1, 0.15) is 0 Å². The van der Waals surface area contributed by atoms with E-state index in [1.807, 2.05) is 0 Å². The molecule has 0 aliphatic heterocycles. The molecule has 0 unspecified atom stereocenters. The SMILES string of the molecule is CS(=O)(=O)c1ccccc1Oc1nnc(Cl)cc1Cl. The van der Waals surface area contributed by atoms with Crippen LogP contribution in [0.25, 0.3) is 0 Å². The van der Waals surface area contributed by atoms with Gasteiger partial charge in [-0.25, -0.2) is 8.42 Å². The number of hydrogen-bond donors (Lipinski definition) is 0. The van der Waals surface area contributed by atoms with Gasteiger partial charge in [0, 0.05) is 12.3 Å². The Bertz CT molecular complexity index is 720. The quantitative estimate of drug-likeness (QED) is 0.870. The fraction of sp³-hybridized carbons (Fsp3) is 0.0909. The minimum absolute atomic E-state index is 0.0119. The number of rotatable bonds is 3. The number of nitrogens with zero attached hydrogens (tertiary/aromatic N) is 2. The zero-order valence-electron chi connectivity index (χ0n) is 9.67. The van der Waals surface area contributed by atoms with E-state index in [0.29, 0.717) is 0 Å². The zero-order valence-corrected chi connectivity index (χ0v) is 12.0. The summed E-state index contributed by atoms with van der Waals surface area (Å²) in [4.78, 5) is 0.0443. The van der Waals surface area contributed by atoms with E-state index >= 15 is 0 Å². The summed E-state index contributed by atoms with van der Waals surface area (Å²) in [6.45, 7) is 0. The normalized spacial score (nSPS) is 11.3. The van der Waals surface area contributed by atoms with Gasteiger partial charge in [0.2, 0.25) is 0 Å². The van der Waals surface area contributed by atoms with E-state index in [4.69, 9.17) is 27.9 Å². The molecule has 19 heavy (non-hydrogen) atoms. The highest BCUT2D eigenvalue weighted by molar-refractivity contribution is 7.90. The fourth-order valence-electron chi connectivity index (χ4n) is 1.35. The Morgan fingerprint density at radius 1 is 1.16 bits per heavy atom. The number of sulfone groups is 1. The predicted molar refractivity (Wildman–Crippen MR) is 71.7 cm³/mol. The molecule has 0 N–H and O–H groups in total. The van der Waals surface area contributed by atoms with Crippen LogP contribution in [0.4, 0.5) is 0 Å². The molecule has 0 saturated carbocycles. The molecule has 2 rings (SSSR count). The van der Waals surface area contributed by atoms with Crippen LogP contribution in [0, 0.1) is 0 Å². The third-order valence-electron chi connectivity index (χ3n) is 2.14. The molecule has 0 aliphatic carbocycles. The average molecular weight is 319 g/mol. The van der Waals surface area contributed by atoms with Gasteiger partial charge in [0.05, 0.1) is 0 Å². The molecule has 0 aliphatic rings. The van der Waals surface area contributed by atoms with E-state index in [1.165, 1.54) is 18.2 Å². The first kappa shape index (κ1) is 14.0. The van der Waals surface area contributed by atoms with Crippen molar-refractivity contribution in [3.63, 3.8) is 0 Å². The van der Waals surface area contributed by atoms with E-state index in [1.54, 1.807) is 12.1 Å². The van der Waals surface area contributed by atoms with Crippen LogP contribution < -0.4 is 4.74 Å². The second-order valence-electron chi connectivity index (χ2n) is 3.64. The molecule has 1 heterocycles. The van der Waals surface area contributed by atoms with E-state index in [9.17, 15) is 8.42 Å². The third kappa shape index (κ3) is 3.34. The van der Waals surface area contributed by atoms with Gasteiger partial charge in [0.1, 0.15) is 15.7 Å². The fourth-order valence-corrected chi connectivity index (χ4v) is 2.53. The maximum Gasteiger partial charge on any atom is 0.257 e. The molecule has 0 radical (unpaired) electrons. The highest BCUT2D eigenvalue weighted by atomic mass is 35.5. The smallest absolute Gasteiger partial charge is 0.257 e. The number of aromatic nitrogens is 2. The monoisotopic (exact) mass is 318 g/mol. The molecule has 0 bridgehead atoms. The van der Waals surface area contributed by atoms with Crippen LogP contribution in [0.5, 0.6) is 11.6 Å². The van der Waals surface area contributed by atoms with Gasteiger partial charge >= 0.3 is 0 Å². The molecule has 1 aromatic carbocycles. The molecule has 2 aromatic rings. The van der Waals surface area contributed by atoms with Gasteiger partial charge in [0.15, 0.2) is 15.0 Å². The van der Waals surface area contributed by atoms with Gasteiger partial charge in [-0.05, 0) is 12.1 Å². The number of para-hydroxylation sites is 1. The minimum Gasteiger partial charge on any atom is -0.435 e. The summed E-state index contributed by atoms with van der Waals surface area (Å²) in [5.74, 6) is 0.116. The summed E-state index contributed by atoms with van der Waals surface area (Å²) in [5.41, 5.74) is 0. The molecule has 5 nitrogen and oxygen atoms in total. The summed E-state index contributed by atoms with van der Waals surface area (Å²) >= 11 is 11.5. The summed E-state index contributed by atoms with van der Waals surface area (Å²) < 4.78 is 28.6. The van der Waals surface area contributed by atoms with E-state index in [2.05, 4.69) is 10.2 Å². The van der Waals surface area contributed by atoms with Crippen molar-refractivity contribution in [3.05, 3.63) is 40.5 Å². The van der Waals surface area contributed by atoms with Crippen LogP contribution in [-0.2, 0) is 9.84 Å². The molecule has 0 amide bonds. The van der Waals surface area contributed by atoms with Crippen LogP contribution in [0.3, 0.4) is 0 Å². The minimum atomic E-state index is -3.42. The Morgan fingerprint density at radius 3 is 2.47 bits per heavy atom. The first-order chi connectivity index (χ1) is 8.88. The first-order valence-electron chi connectivity index (χ1n) is 5.03. The Morgan fingerprint density at radius 2 is 1.84 bits per heavy atom. The second kappa shape index (κ2) is 5.32. The zero-order chi connectivity index (χ0) is 14.0. The van der Waals surface area contributed by atoms with E-state index in [0.717, 1.165) is 6.26 Å². The van der Waals surface area contributed by atoms with Crippen molar-refractivity contribution in [2.75, 3.05) is 6.26 Å². The van der Waals surface area contributed by atoms with Crippen LogP contribution in [-0.4, -0.2) is 24.9 Å². The van der Waals surface area contributed by atoms with Gasteiger partial charge in [-0.2, -0.15) is 0 Å². The van der Waals surface area contributed by atoms with Crippen molar-refractivity contribution in [1.29, 1.82) is 0 Å². The van der Waals surface area contributed by atoms with Crippen molar-refractivity contribution in [3.8, 4) is 11.6 Å². The Balaban J connectivity index is 2.44. The van der Waals surface area contributed by atoms with Crippen LogP contribution in [0.15, 0.2) is 35.2 Å². The molecular weight excluding hydrogens is 311 g/mol. The lowest BCUT2D eigenvalue weighted by Gasteiger charge is -2.09. The molecule has 0 saturated heterocycles. The van der Waals surface area contributed by atoms with Gasteiger partial charge < -0.3 is 4.74 Å². The van der Waals surface area contributed by atoms with Crippen molar-refractivity contribution in [1.82, 2.24) is 10.2 Å². The molecule has 0 atom stereocenters. The van der Waals surface area contributed by atoms with Crippen LogP contribution >= 0.6 is 23.2 Å². The number of hydrogen-bond acceptors (Lipinski definition) is 5. The molecule has 0 spiro atoms. The topological polar surface area (TPSA) is 69.2 Å². The lowest BCUT2D eigenvalue weighted by Crippen LogP contribution is -2.01. The van der Waals surface area contributed by atoms with Gasteiger partial charge in [-0.3, -0.25) is 0 Å². The summed E-state index contributed by atoms with van der Waals surface area (Å²) in [7, 11) is -3.42. The Hall–Kier alpha value is -1.37. The molecule has 8 heteroatoms. The number of ether oxygens (including phenoxy) is 1.